The van der Waals surface area contributed by atoms with Gasteiger partial charge in [0.1, 0.15) is 5.82 Å². The zero-order chi connectivity index (χ0) is 15.9. The molecule has 0 bridgehead atoms. The molecule has 0 aliphatic carbocycles. The Morgan fingerprint density at radius 1 is 1.18 bits per heavy atom. The molecule has 0 saturated carbocycles. The number of aryl methyl sites for hydroxylation is 1. The maximum atomic E-state index is 13.4. The lowest BCUT2D eigenvalue weighted by molar-refractivity contribution is 0.560. The summed E-state index contributed by atoms with van der Waals surface area (Å²) >= 11 is 0. The van der Waals surface area contributed by atoms with Gasteiger partial charge in [-0.25, -0.2) is 12.8 Å². The minimum Gasteiger partial charge on any atom is -0.399 e. The van der Waals surface area contributed by atoms with Crippen LogP contribution in [0, 0.1) is 5.82 Å². The van der Waals surface area contributed by atoms with Crippen molar-refractivity contribution in [3.63, 3.8) is 0 Å². The minimum absolute atomic E-state index is 0.180. The van der Waals surface area contributed by atoms with Gasteiger partial charge >= 0.3 is 0 Å². The fourth-order valence-electron chi connectivity index (χ4n) is 2.81. The van der Waals surface area contributed by atoms with Gasteiger partial charge in [0.2, 0.25) is 0 Å². The Morgan fingerprint density at radius 2 is 1.86 bits per heavy atom. The van der Waals surface area contributed by atoms with E-state index in [4.69, 9.17) is 5.73 Å². The number of hydrogen-bond acceptors (Lipinski definition) is 3. The van der Waals surface area contributed by atoms with Crippen LogP contribution < -0.4 is 10.0 Å². The van der Waals surface area contributed by atoms with Gasteiger partial charge in [0.05, 0.1) is 10.6 Å². The molecule has 4 nitrogen and oxygen atoms in total. The predicted octanol–water partition coefficient (Wildman–Crippen LogP) is 2.94. The number of benzene rings is 2. The second-order valence-corrected chi connectivity index (χ2v) is 7.35. The van der Waals surface area contributed by atoms with Crippen LogP contribution in [0.15, 0.2) is 47.4 Å². The van der Waals surface area contributed by atoms with Crippen molar-refractivity contribution < 1.29 is 12.8 Å². The van der Waals surface area contributed by atoms with Crippen molar-refractivity contribution in [3.8, 4) is 0 Å². The van der Waals surface area contributed by atoms with Gasteiger partial charge in [-0.3, -0.25) is 4.31 Å². The molecule has 2 aromatic carbocycles. The summed E-state index contributed by atoms with van der Waals surface area (Å²) in [6, 6.07) is 10.2. The third-order valence-electron chi connectivity index (χ3n) is 3.95. The second kappa shape index (κ2) is 5.28. The van der Waals surface area contributed by atoms with E-state index < -0.39 is 10.0 Å². The number of nitrogen functional groups attached to an aromatic ring is 1. The average Bonchev–Trinajstić information content (AvgIpc) is 2.47. The van der Waals surface area contributed by atoms with Crippen LogP contribution >= 0.6 is 0 Å². The molecule has 116 valence electrons. The molecule has 1 unspecified atom stereocenters. The smallest absolute Gasteiger partial charge is 0.264 e. The predicted molar refractivity (Wildman–Crippen MR) is 84.7 cm³/mol. The highest BCUT2D eigenvalue weighted by Crippen LogP contribution is 2.35. The largest absolute Gasteiger partial charge is 0.399 e. The molecule has 1 aliphatic heterocycles. The number of halogens is 1. The highest BCUT2D eigenvalue weighted by atomic mass is 32.2. The van der Waals surface area contributed by atoms with Gasteiger partial charge in [-0.1, -0.05) is 0 Å². The number of hydrogen-bond donors (Lipinski definition) is 1. The summed E-state index contributed by atoms with van der Waals surface area (Å²) in [5.41, 5.74) is 7.40. The quantitative estimate of drug-likeness (QED) is 0.865. The van der Waals surface area contributed by atoms with Gasteiger partial charge in [-0.2, -0.15) is 0 Å². The van der Waals surface area contributed by atoms with Crippen LogP contribution in [-0.2, 0) is 16.4 Å². The van der Waals surface area contributed by atoms with Crippen LogP contribution in [0.3, 0.4) is 0 Å². The molecule has 0 radical (unpaired) electrons. The maximum absolute atomic E-state index is 13.4. The fraction of sp³-hybridized carbons (Fsp3) is 0.250. The van der Waals surface area contributed by atoms with Crippen LogP contribution in [0.4, 0.5) is 15.8 Å². The SMILES string of the molecule is CC1CCc2cc(F)ccc2N1S(=O)(=O)c1ccc(N)cc1. The zero-order valence-corrected chi connectivity index (χ0v) is 13.0. The monoisotopic (exact) mass is 320 g/mol. The van der Waals surface area contributed by atoms with Gasteiger partial charge in [0, 0.05) is 11.7 Å². The number of nitrogens with two attached hydrogens (primary N) is 1. The van der Waals surface area contributed by atoms with Crippen LogP contribution in [0.5, 0.6) is 0 Å². The van der Waals surface area contributed by atoms with E-state index in [1.807, 2.05) is 6.92 Å². The first kappa shape index (κ1) is 14.8. The molecule has 0 spiro atoms. The van der Waals surface area contributed by atoms with Crippen molar-refractivity contribution in [2.24, 2.45) is 0 Å². The molecular formula is C16H17FN2O2S. The van der Waals surface area contributed by atoms with Gasteiger partial charge < -0.3 is 5.73 Å². The molecule has 6 heteroatoms. The molecule has 1 aliphatic rings. The minimum atomic E-state index is -3.70. The van der Waals surface area contributed by atoms with Crippen molar-refractivity contribution in [2.45, 2.75) is 30.7 Å². The topological polar surface area (TPSA) is 63.4 Å². The zero-order valence-electron chi connectivity index (χ0n) is 12.2. The molecule has 3 rings (SSSR count). The van der Waals surface area contributed by atoms with Crippen molar-refractivity contribution >= 4 is 21.4 Å². The van der Waals surface area contributed by atoms with E-state index >= 15 is 0 Å². The van der Waals surface area contributed by atoms with Crippen LogP contribution in [0.25, 0.3) is 0 Å². The van der Waals surface area contributed by atoms with E-state index in [1.54, 1.807) is 12.1 Å². The Balaban J connectivity index is 2.12. The third kappa shape index (κ3) is 2.43. The Labute approximate surface area is 129 Å². The first-order valence-electron chi connectivity index (χ1n) is 7.08. The first-order valence-corrected chi connectivity index (χ1v) is 8.52. The number of anilines is 2. The van der Waals surface area contributed by atoms with Gasteiger partial charge in [0.25, 0.3) is 10.0 Å². The van der Waals surface area contributed by atoms with Crippen molar-refractivity contribution in [1.29, 1.82) is 0 Å². The Kier molecular flexibility index (Phi) is 3.56. The van der Waals surface area contributed by atoms with Gasteiger partial charge in [-0.05, 0) is 67.8 Å². The van der Waals surface area contributed by atoms with Crippen LogP contribution in [0.2, 0.25) is 0 Å². The lowest BCUT2D eigenvalue weighted by atomic mass is 9.99. The van der Waals surface area contributed by atoms with E-state index in [-0.39, 0.29) is 16.8 Å². The Bertz CT molecular complexity index is 803. The molecule has 22 heavy (non-hydrogen) atoms. The fourth-order valence-corrected chi connectivity index (χ4v) is 4.53. The standard InChI is InChI=1S/C16H17FN2O2S/c1-11-2-3-12-10-13(17)4-9-16(12)19(11)22(20,21)15-7-5-14(18)6-8-15/h4-11H,2-3,18H2,1H3. The molecule has 0 saturated heterocycles. The molecular weight excluding hydrogens is 303 g/mol. The third-order valence-corrected chi connectivity index (χ3v) is 5.89. The van der Waals surface area contributed by atoms with E-state index in [9.17, 15) is 12.8 Å². The van der Waals surface area contributed by atoms with Crippen molar-refractivity contribution in [2.75, 3.05) is 10.0 Å². The molecule has 0 amide bonds. The van der Waals surface area contributed by atoms with E-state index in [0.717, 1.165) is 5.56 Å². The average molecular weight is 320 g/mol. The summed E-state index contributed by atoms with van der Waals surface area (Å²) in [6.45, 7) is 1.86. The molecule has 0 fully saturated rings. The molecule has 2 aromatic rings. The number of fused-ring (bicyclic) bond motifs is 1. The summed E-state index contributed by atoms with van der Waals surface area (Å²) < 4.78 is 40.7. The Morgan fingerprint density at radius 3 is 2.55 bits per heavy atom. The van der Waals surface area contributed by atoms with E-state index in [2.05, 4.69) is 0 Å². The number of nitrogens with zero attached hydrogens (tertiary/aromatic N) is 1. The normalized spacial score (nSPS) is 18.1. The maximum Gasteiger partial charge on any atom is 0.264 e. The molecule has 1 atom stereocenters. The highest BCUT2D eigenvalue weighted by Gasteiger charge is 2.33. The van der Waals surface area contributed by atoms with Crippen LogP contribution in [-0.4, -0.2) is 14.5 Å². The van der Waals surface area contributed by atoms with E-state index in [0.29, 0.717) is 24.2 Å². The Hall–Kier alpha value is -2.08. The summed E-state index contributed by atoms with van der Waals surface area (Å²) in [4.78, 5) is 0.186. The van der Waals surface area contributed by atoms with Gasteiger partial charge in [0.15, 0.2) is 0 Å². The van der Waals surface area contributed by atoms with Gasteiger partial charge in [-0.15, -0.1) is 0 Å². The lowest BCUT2D eigenvalue weighted by Gasteiger charge is -2.36. The molecule has 0 aromatic heterocycles. The highest BCUT2D eigenvalue weighted by molar-refractivity contribution is 7.92. The second-order valence-electron chi connectivity index (χ2n) is 5.53. The molecule has 1 heterocycles. The summed E-state index contributed by atoms with van der Waals surface area (Å²) in [7, 11) is -3.70. The van der Waals surface area contributed by atoms with Crippen LogP contribution in [0.1, 0.15) is 18.9 Å². The molecule has 2 N–H and O–H groups in total. The summed E-state index contributed by atoms with van der Waals surface area (Å²) in [5, 5.41) is 0. The van der Waals surface area contributed by atoms with Crippen molar-refractivity contribution in [3.05, 3.63) is 53.8 Å². The van der Waals surface area contributed by atoms with E-state index in [1.165, 1.54) is 34.6 Å². The summed E-state index contributed by atoms with van der Waals surface area (Å²) in [6.07, 6.45) is 1.33. The lowest BCUT2D eigenvalue weighted by Crippen LogP contribution is -2.42. The number of rotatable bonds is 2. The number of sulfonamides is 1. The first-order chi connectivity index (χ1) is 10.4. The van der Waals surface area contributed by atoms with Crippen molar-refractivity contribution in [1.82, 2.24) is 0 Å². The summed E-state index contributed by atoms with van der Waals surface area (Å²) in [5.74, 6) is -0.349.